The number of rotatable bonds is 7. The molecule has 1 heterocycles. The molecule has 4 heteroatoms. The molecule has 0 aromatic carbocycles. The van der Waals surface area contributed by atoms with Gasteiger partial charge >= 0.3 is 0 Å². The lowest BCUT2D eigenvalue weighted by atomic mass is 10.2. The summed E-state index contributed by atoms with van der Waals surface area (Å²) in [5, 5.41) is 3.30. The van der Waals surface area contributed by atoms with Crippen molar-refractivity contribution in [2.75, 3.05) is 11.9 Å². The smallest absolute Gasteiger partial charge is 0.226 e. The molecular formula is C13H23N3O. The number of hydrogen-bond donors (Lipinski definition) is 1. The maximum atomic E-state index is 5.53. The Morgan fingerprint density at radius 3 is 2.71 bits per heavy atom. The minimum Gasteiger partial charge on any atom is -0.478 e. The van der Waals surface area contributed by atoms with Crippen LogP contribution < -0.4 is 10.1 Å². The molecule has 0 spiro atoms. The van der Waals surface area contributed by atoms with Gasteiger partial charge in [0.25, 0.3) is 0 Å². The lowest BCUT2D eigenvalue weighted by Gasteiger charge is -2.14. The van der Waals surface area contributed by atoms with Gasteiger partial charge in [-0.25, -0.2) is 4.98 Å². The predicted molar refractivity (Wildman–Crippen MR) is 70.5 cm³/mol. The molecule has 1 atom stereocenters. The first-order chi connectivity index (χ1) is 8.15. The van der Waals surface area contributed by atoms with Crippen molar-refractivity contribution in [2.45, 2.75) is 53.0 Å². The Morgan fingerprint density at radius 2 is 2.06 bits per heavy atom. The zero-order chi connectivity index (χ0) is 12.7. The first kappa shape index (κ1) is 13.7. The third-order valence-corrected chi connectivity index (χ3v) is 2.38. The highest BCUT2D eigenvalue weighted by Gasteiger charge is 2.06. The van der Waals surface area contributed by atoms with Gasteiger partial charge in [-0.1, -0.05) is 20.3 Å². The fraction of sp³-hybridized carbons (Fsp3) is 0.692. The van der Waals surface area contributed by atoms with E-state index in [-0.39, 0.29) is 0 Å². The van der Waals surface area contributed by atoms with Gasteiger partial charge in [0.15, 0.2) is 0 Å². The van der Waals surface area contributed by atoms with Crippen LogP contribution in [0.1, 0.15) is 45.7 Å². The highest BCUT2D eigenvalue weighted by atomic mass is 16.5. The number of nitrogens with zero attached hydrogens (tertiary/aromatic N) is 2. The molecule has 0 saturated heterocycles. The number of nitrogens with one attached hydrogen (secondary N) is 1. The SMILES string of the molecule is CCCOc1cc(C)nc(NC(C)CCC)n1. The van der Waals surface area contributed by atoms with Gasteiger partial charge in [-0.05, 0) is 26.7 Å². The molecule has 17 heavy (non-hydrogen) atoms. The quantitative estimate of drug-likeness (QED) is 0.791. The first-order valence-corrected chi connectivity index (χ1v) is 6.40. The molecule has 0 bridgehead atoms. The van der Waals surface area contributed by atoms with Gasteiger partial charge in [0.2, 0.25) is 11.8 Å². The number of ether oxygens (including phenoxy) is 1. The lowest BCUT2D eigenvalue weighted by Crippen LogP contribution is -2.17. The molecule has 0 aliphatic carbocycles. The van der Waals surface area contributed by atoms with E-state index in [9.17, 15) is 0 Å². The van der Waals surface area contributed by atoms with E-state index in [1.807, 2.05) is 13.0 Å². The minimum absolute atomic E-state index is 0.390. The summed E-state index contributed by atoms with van der Waals surface area (Å²) in [6.45, 7) is 9.04. The monoisotopic (exact) mass is 237 g/mol. The van der Waals surface area contributed by atoms with E-state index >= 15 is 0 Å². The Kier molecular flexibility index (Phi) is 5.73. The van der Waals surface area contributed by atoms with Crippen LogP contribution in [0.25, 0.3) is 0 Å². The highest BCUT2D eigenvalue weighted by molar-refractivity contribution is 5.31. The molecule has 0 aliphatic rings. The molecule has 0 radical (unpaired) electrons. The highest BCUT2D eigenvalue weighted by Crippen LogP contribution is 2.13. The Morgan fingerprint density at radius 1 is 1.29 bits per heavy atom. The van der Waals surface area contributed by atoms with Crippen LogP contribution in [0.15, 0.2) is 6.07 Å². The zero-order valence-electron chi connectivity index (χ0n) is 11.3. The molecule has 4 nitrogen and oxygen atoms in total. The standard InChI is InChI=1S/C13H23N3O/c1-5-7-10(3)14-13-15-11(4)9-12(16-13)17-8-6-2/h9-10H,5-8H2,1-4H3,(H,14,15,16). The van der Waals surface area contributed by atoms with E-state index < -0.39 is 0 Å². The van der Waals surface area contributed by atoms with Crippen molar-refractivity contribution in [3.8, 4) is 5.88 Å². The van der Waals surface area contributed by atoms with Crippen LogP contribution in [-0.2, 0) is 0 Å². The van der Waals surface area contributed by atoms with Crippen LogP contribution in [0.2, 0.25) is 0 Å². The Balaban J connectivity index is 2.67. The Labute approximate surface area is 104 Å². The Hall–Kier alpha value is -1.32. The van der Waals surface area contributed by atoms with Gasteiger partial charge in [-0.3, -0.25) is 0 Å². The summed E-state index contributed by atoms with van der Waals surface area (Å²) in [6.07, 6.45) is 3.25. The van der Waals surface area contributed by atoms with Crippen molar-refractivity contribution < 1.29 is 4.74 Å². The van der Waals surface area contributed by atoms with Gasteiger partial charge in [0.1, 0.15) is 0 Å². The lowest BCUT2D eigenvalue weighted by molar-refractivity contribution is 0.305. The molecule has 0 saturated carbocycles. The van der Waals surface area contributed by atoms with Crippen LogP contribution in [-0.4, -0.2) is 22.6 Å². The van der Waals surface area contributed by atoms with Gasteiger partial charge in [-0.2, -0.15) is 4.98 Å². The fourth-order valence-electron chi connectivity index (χ4n) is 1.61. The van der Waals surface area contributed by atoms with E-state index in [1.165, 1.54) is 0 Å². The largest absolute Gasteiger partial charge is 0.478 e. The molecular weight excluding hydrogens is 214 g/mol. The summed E-state index contributed by atoms with van der Waals surface area (Å²) in [6, 6.07) is 2.26. The second-order valence-corrected chi connectivity index (χ2v) is 4.35. The molecule has 1 aromatic heterocycles. The van der Waals surface area contributed by atoms with Crippen LogP contribution >= 0.6 is 0 Å². The summed E-state index contributed by atoms with van der Waals surface area (Å²) in [5.41, 5.74) is 0.928. The van der Waals surface area contributed by atoms with Crippen LogP contribution in [0, 0.1) is 6.92 Å². The van der Waals surface area contributed by atoms with Crippen molar-refractivity contribution >= 4 is 5.95 Å². The van der Waals surface area contributed by atoms with E-state index in [4.69, 9.17) is 4.74 Å². The third-order valence-electron chi connectivity index (χ3n) is 2.38. The summed E-state index contributed by atoms with van der Waals surface area (Å²) in [4.78, 5) is 8.71. The molecule has 0 amide bonds. The van der Waals surface area contributed by atoms with Gasteiger partial charge in [0, 0.05) is 17.8 Å². The minimum atomic E-state index is 0.390. The molecule has 1 rings (SSSR count). The normalized spacial score (nSPS) is 12.2. The second-order valence-electron chi connectivity index (χ2n) is 4.35. The summed E-state index contributed by atoms with van der Waals surface area (Å²) >= 11 is 0. The maximum Gasteiger partial charge on any atom is 0.226 e. The predicted octanol–water partition coefficient (Wildman–Crippen LogP) is 3.17. The van der Waals surface area contributed by atoms with E-state index in [2.05, 4.69) is 36.1 Å². The second kappa shape index (κ2) is 7.09. The van der Waals surface area contributed by atoms with Crippen LogP contribution in [0.4, 0.5) is 5.95 Å². The van der Waals surface area contributed by atoms with Crippen LogP contribution in [0.5, 0.6) is 5.88 Å². The van der Waals surface area contributed by atoms with E-state index in [0.29, 0.717) is 24.5 Å². The van der Waals surface area contributed by atoms with Gasteiger partial charge in [-0.15, -0.1) is 0 Å². The molecule has 1 unspecified atom stereocenters. The van der Waals surface area contributed by atoms with Crippen molar-refractivity contribution in [3.63, 3.8) is 0 Å². The fourth-order valence-corrected chi connectivity index (χ4v) is 1.61. The van der Waals surface area contributed by atoms with E-state index in [1.54, 1.807) is 0 Å². The molecule has 0 aliphatic heterocycles. The van der Waals surface area contributed by atoms with Crippen molar-refractivity contribution in [3.05, 3.63) is 11.8 Å². The first-order valence-electron chi connectivity index (χ1n) is 6.40. The number of aryl methyl sites for hydroxylation is 1. The molecule has 0 fully saturated rings. The van der Waals surface area contributed by atoms with Crippen molar-refractivity contribution in [2.24, 2.45) is 0 Å². The van der Waals surface area contributed by atoms with Gasteiger partial charge in [0.05, 0.1) is 6.61 Å². The zero-order valence-corrected chi connectivity index (χ0v) is 11.3. The third kappa shape index (κ3) is 5.02. The summed E-state index contributed by atoms with van der Waals surface area (Å²) < 4.78 is 5.53. The van der Waals surface area contributed by atoms with Crippen molar-refractivity contribution in [1.82, 2.24) is 9.97 Å². The molecule has 1 aromatic rings. The number of hydrogen-bond acceptors (Lipinski definition) is 4. The average molecular weight is 237 g/mol. The topological polar surface area (TPSA) is 47.0 Å². The Bertz CT molecular complexity index is 341. The summed E-state index contributed by atoms with van der Waals surface area (Å²) in [7, 11) is 0. The number of anilines is 1. The molecule has 96 valence electrons. The van der Waals surface area contributed by atoms with Crippen LogP contribution in [0.3, 0.4) is 0 Å². The number of aromatic nitrogens is 2. The maximum absolute atomic E-state index is 5.53. The molecule has 1 N–H and O–H groups in total. The van der Waals surface area contributed by atoms with E-state index in [0.717, 1.165) is 25.0 Å². The van der Waals surface area contributed by atoms with Crippen molar-refractivity contribution in [1.29, 1.82) is 0 Å². The van der Waals surface area contributed by atoms with Gasteiger partial charge < -0.3 is 10.1 Å². The average Bonchev–Trinajstić information content (AvgIpc) is 2.25. The summed E-state index contributed by atoms with van der Waals surface area (Å²) in [5.74, 6) is 1.32.